The van der Waals surface area contributed by atoms with Crippen molar-refractivity contribution in [2.75, 3.05) is 14.2 Å². The van der Waals surface area contributed by atoms with Gasteiger partial charge >= 0.3 is 0 Å². The normalized spacial score (nSPS) is 10.3. The van der Waals surface area contributed by atoms with Gasteiger partial charge in [0.25, 0.3) is 0 Å². The van der Waals surface area contributed by atoms with Gasteiger partial charge in [0.05, 0.1) is 14.2 Å². The van der Waals surface area contributed by atoms with Crippen LogP contribution in [0.15, 0.2) is 30.3 Å². The minimum Gasteiger partial charge on any atom is -0.496 e. The van der Waals surface area contributed by atoms with Crippen molar-refractivity contribution in [2.24, 2.45) is 0 Å². The van der Waals surface area contributed by atoms with E-state index in [0.29, 0.717) is 12.8 Å². The third-order valence-electron chi connectivity index (χ3n) is 2.99. The van der Waals surface area contributed by atoms with Crippen molar-refractivity contribution in [2.45, 2.75) is 12.8 Å². The zero-order valence-corrected chi connectivity index (χ0v) is 10.6. The van der Waals surface area contributed by atoms with Crippen LogP contribution in [-0.4, -0.2) is 20.5 Å². The zero-order chi connectivity index (χ0) is 13.0. The number of hydrogen-bond acceptors (Lipinski definition) is 3. The number of hydrogen-bond donors (Lipinski definition) is 0. The van der Waals surface area contributed by atoms with E-state index in [9.17, 15) is 4.79 Å². The molecule has 0 saturated heterocycles. The summed E-state index contributed by atoms with van der Waals surface area (Å²) in [5, 5.41) is 2.03. The summed E-state index contributed by atoms with van der Waals surface area (Å²) in [7, 11) is 3.30. The molecule has 18 heavy (non-hydrogen) atoms. The maximum absolute atomic E-state index is 10.5. The molecule has 0 spiro atoms. The zero-order valence-electron chi connectivity index (χ0n) is 10.6. The Labute approximate surface area is 106 Å². The van der Waals surface area contributed by atoms with Crippen LogP contribution in [0.5, 0.6) is 11.5 Å². The van der Waals surface area contributed by atoms with E-state index in [1.165, 1.54) is 0 Å². The Balaban J connectivity index is 2.66. The highest BCUT2D eigenvalue weighted by molar-refractivity contribution is 5.94. The number of aryl methyl sites for hydroxylation is 1. The van der Waals surface area contributed by atoms with Gasteiger partial charge in [-0.1, -0.05) is 24.3 Å². The molecule has 3 heteroatoms. The monoisotopic (exact) mass is 244 g/mol. The molecule has 0 bridgehead atoms. The van der Waals surface area contributed by atoms with Gasteiger partial charge in [-0.15, -0.1) is 0 Å². The SMILES string of the molecule is COc1cc(CCC=O)c(OC)c2ccccc12. The molecular weight excluding hydrogens is 228 g/mol. The Morgan fingerprint density at radius 1 is 1.11 bits per heavy atom. The van der Waals surface area contributed by atoms with Crippen molar-refractivity contribution in [3.8, 4) is 11.5 Å². The van der Waals surface area contributed by atoms with E-state index in [1.54, 1.807) is 14.2 Å². The third kappa shape index (κ3) is 2.16. The van der Waals surface area contributed by atoms with Gasteiger partial charge in [-0.05, 0) is 18.1 Å². The van der Waals surface area contributed by atoms with Crippen LogP contribution in [0.25, 0.3) is 10.8 Å². The van der Waals surface area contributed by atoms with Crippen molar-refractivity contribution in [1.29, 1.82) is 0 Å². The molecule has 94 valence electrons. The number of aldehydes is 1. The number of carbonyl (C=O) groups is 1. The molecule has 2 aromatic carbocycles. The average molecular weight is 244 g/mol. The molecule has 0 radical (unpaired) electrons. The highest BCUT2D eigenvalue weighted by Gasteiger charge is 2.12. The first kappa shape index (κ1) is 12.4. The maximum Gasteiger partial charge on any atom is 0.130 e. The second kappa shape index (κ2) is 5.54. The average Bonchev–Trinajstić information content (AvgIpc) is 2.43. The van der Waals surface area contributed by atoms with E-state index in [0.717, 1.165) is 34.1 Å². The number of ether oxygens (including phenoxy) is 2. The predicted octanol–water partition coefficient (Wildman–Crippen LogP) is 2.99. The number of benzene rings is 2. The van der Waals surface area contributed by atoms with Crippen molar-refractivity contribution >= 4 is 17.1 Å². The van der Waals surface area contributed by atoms with Crippen LogP contribution in [0.1, 0.15) is 12.0 Å². The lowest BCUT2D eigenvalue weighted by Crippen LogP contribution is -1.97. The second-order valence-electron chi connectivity index (χ2n) is 4.02. The fourth-order valence-electron chi connectivity index (χ4n) is 2.18. The third-order valence-corrected chi connectivity index (χ3v) is 2.99. The van der Waals surface area contributed by atoms with Crippen LogP contribution >= 0.6 is 0 Å². The molecule has 2 aromatic rings. The Kier molecular flexibility index (Phi) is 3.82. The highest BCUT2D eigenvalue weighted by Crippen LogP contribution is 2.36. The van der Waals surface area contributed by atoms with E-state index in [1.807, 2.05) is 30.3 Å². The number of rotatable bonds is 5. The van der Waals surface area contributed by atoms with Gasteiger partial charge in [0.1, 0.15) is 17.8 Å². The molecule has 0 N–H and O–H groups in total. The fourth-order valence-corrected chi connectivity index (χ4v) is 2.18. The molecule has 0 fully saturated rings. The van der Waals surface area contributed by atoms with Gasteiger partial charge in [-0.2, -0.15) is 0 Å². The van der Waals surface area contributed by atoms with E-state index < -0.39 is 0 Å². The maximum atomic E-state index is 10.5. The van der Waals surface area contributed by atoms with E-state index in [2.05, 4.69) is 0 Å². The van der Waals surface area contributed by atoms with E-state index in [-0.39, 0.29) is 0 Å². The first-order chi connectivity index (χ1) is 8.81. The quantitative estimate of drug-likeness (QED) is 0.758. The lowest BCUT2D eigenvalue weighted by molar-refractivity contribution is -0.107. The van der Waals surface area contributed by atoms with Crippen molar-refractivity contribution in [3.63, 3.8) is 0 Å². The summed E-state index contributed by atoms with van der Waals surface area (Å²) >= 11 is 0. The predicted molar refractivity (Wildman–Crippen MR) is 71.4 cm³/mol. The lowest BCUT2D eigenvalue weighted by Gasteiger charge is -2.14. The standard InChI is InChI=1S/C15H16O3/c1-17-14-10-11(6-5-9-16)15(18-2)13-8-4-3-7-12(13)14/h3-4,7-10H,5-6H2,1-2H3. The molecular formula is C15H16O3. The van der Waals surface area contributed by atoms with Gasteiger partial charge in [0, 0.05) is 17.2 Å². The fraction of sp³-hybridized carbons (Fsp3) is 0.267. The molecule has 0 heterocycles. The Bertz CT molecular complexity index is 561. The Morgan fingerprint density at radius 2 is 1.83 bits per heavy atom. The summed E-state index contributed by atoms with van der Waals surface area (Å²) < 4.78 is 10.9. The molecule has 0 aliphatic rings. The highest BCUT2D eigenvalue weighted by atomic mass is 16.5. The van der Waals surface area contributed by atoms with Gasteiger partial charge in [0.2, 0.25) is 0 Å². The van der Waals surface area contributed by atoms with Crippen molar-refractivity contribution in [1.82, 2.24) is 0 Å². The summed E-state index contributed by atoms with van der Waals surface area (Å²) in [4.78, 5) is 10.5. The van der Waals surface area contributed by atoms with Crippen LogP contribution in [-0.2, 0) is 11.2 Å². The van der Waals surface area contributed by atoms with Crippen LogP contribution in [0.2, 0.25) is 0 Å². The molecule has 0 saturated carbocycles. The number of methoxy groups -OCH3 is 2. The van der Waals surface area contributed by atoms with Gasteiger partial charge in [-0.3, -0.25) is 0 Å². The Hall–Kier alpha value is -2.03. The smallest absolute Gasteiger partial charge is 0.130 e. The molecule has 0 aliphatic carbocycles. The summed E-state index contributed by atoms with van der Waals surface area (Å²) in [5.41, 5.74) is 1.00. The second-order valence-corrected chi connectivity index (χ2v) is 4.02. The van der Waals surface area contributed by atoms with Crippen LogP contribution in [0.3, 0.4) is 0 Å². The van der Waals surface area contributed by atoms with Crippen molar-refractivity contribution in [3.05, 3.63) is 35.9 Å². The van der Waals surface area contributed by atoms with E-state index >= 15 is 0 Å². The first-order valence-electron chi connectivity index (χ1n) is 5.88. The minimum absolute atomic E-state index is 0.484. The lowest BCUT2D eigenvalue weighted by atomic mass is 10.0. The first-order valence-corrected chi connectivity index (χ1v) is 5.88. The van der Waals surface area contributed by atoms with Crippen molar-refractivity contribution < 1.29 is 14.3 Å². The molecule has 0 atom stereocenters. The summed E-state index contributed by atoms with van der Waals surface area (Å²) in [6.07, 6.45) is 2.06. The summed E-state index contributed by atoms with van der Waals surface area (Å²) in [5.74, 6) is 1.64. The summed E-state index contributed by atoms with van der Waals surface area (Å²) in [6, 6.07) is 9.88. The van der Waals surface area contributed by atoms with Crippen LogP contribution in [0, 0.1) is 0 Å². The summed E-state index contributed by atoms with van der Waals surface area (Å²) in [6.45, 7) is 0. The Morgan fingerprint density at radius 3 is 2.44 bits per heavy atom. The minimum atomic E-state index is 0.484. The largest absolute Gasteiger partial charge is 0.496 e. The molecule has 0 unspecified atom stereocenters. The van der Waals surface area contributed by atoms with Crippen LogP contribution < -0.4 is 9.47 Å². The van der Waals surface area contributed by atoms with Gasteiger partial charge in [-0.25, -0.2) is 0 Å². The van der Waals surface area contributed by atoms with Gasteiger partial charge in [0.15, 0.2) is 0 Å². The van der Waals surface area contributed by atoms with Crippen LogP contribution in [0.4, 0.5) is 0 Å². The number of carbonyl (C=O) groups excluding carboxylic acids is 1. The molecule has 0 aliphatic heterocycles. The van der Waals surface area contributed by atoms with Gasteiger partial charge < -0.3 is 14.3 Å². The molecule has 2 rings (SSSR count). The molecule has 0 aromatic heterocycles. The van der Waals surface area contributed by atoms with E-state index in [4.69, 9.17) is 9.47 Å². The topological polar surface area (TPSA) is 35.5 Å². The molecule has 0 amide bonds. The number of fused-ring (bicyclic) bond motifs is 1. The molecule has 3 nitrogen and oxygen atoms in total.